The zero-order valence-corrected chi connectivity index (χ0v) is 35.3. The zero-order valence-electron chi connectivity index (χ0n) is 35.3. The van der Waals surface area contributed by atoms with Crippen molar-refractivity contribution in [2.24, 2.45) is 0 Å². The van der Waals surface area contributed by atoms with Gasteiger partial charge in [-0.15, -0.1) is 0 Å². The van der Waals surface area contributed by atoms with Gasteiger partial charge in [0.1, 0.15) is 0 Å². The van der Waals surface area contributed by atoms with E-state index in [1.165, 1.54) is 23.8 Å². The molecule has 61 heavy (non-hydrogen) atoms. The highest BCUT2D eigenvalue weighted by molar-refractivity contribution is 5.80. The minimum atomic E-state index is -0.203. The first-order chi connectivity index (χ1) is 29.8. The van der Waals surface area contributed by atoms with Crippen LogP contribution in [0.5, 0.6) is 0 Å². The van der Waals surface area contributed by atoms with Crippen LogP contribution in [0.15, 0.2) is 182 Å². The molecule has 0 spiro atoms. The molecule has 0 aliphatic heterocycles. The number of anilines is 6. The highest BCUT2D eigenvalue weighted by atomic mass is 16.5. The lowest BCUT2D eigenvalue weighted by Gasteiger charge is -2.26. The molecule has 0 amide bonds. The van der Waals surface area contributed by atoms with E-state index < -0.39 is 0 Å². The zero-order chi connectivity index (χ0) is 42.1. The van der Waals surface area contributed by atoms with Crippen molar-refractivity contribution in [3.8, 4) is 33.6 Å². The van der Waals surface area contributed by atoms with Crippen molar-refractivity contribution in [1.29, 1.82) is 0 Å². The van der Waals surface area contributed by atoms with Gasteiger partial charge in [-0.1, -0.05) is 109 Å². The largest absolute Gasteiger partial charge is 0.469 e. The molecule has 0 saturated carbocycles. The Morgan fingerprint density at radius 1 is 0.443 bits per heavy atom. The topological polar surface area (TPSA) is 58.6 Å². The first-order valence-corrected chi connectivity index (χ1v) is 21.0. The third-order valence-corrected chi connectivity index (χ3v) is 11.1. The van der Waals surface area contributed by atoms with Crippen LogP contribution in [-0.4, -0.2) is 23.0 Å². The second-order valence-electron chi connectivity index (χ2n) is 15.5. The molecule has 0 unspecified atom stereocenters. The fourth-order valence-electron chi connectivity index (χ4n) is 7.58. The minimum absolute atomic E-state index is 0.203. The fourth-order valence-corrected chi connectivity index (χ4v) is 7.58. The summed E-state index contributed by atoms with van der Waals surface area (Å²) in [5.41, 5.74) is 17.3. The fraction of sp³-hybridized carbons (Fsp3) is 0.145. The number of aromatic nitrogens is 2. The molecule has 0 atom stereocenters. The predicted octanol–water partition coefficient (Wildman–Crippen LogP) is 14.1. The first-order valence-electron chi connectivity index (χ1n) is 21.0. The number of rotatable bonds is 14. The molecule has 0 bridgehead atoms. The van der Waals surface area contributed by atoms with Crippen molar-refractivity contribution >= 4 is 40.1 Å². The maximum absolute atomic E-state index is 11.7. The van der Waals surface area contributed by atoms with Crippen LogP contribution in [0.4, 0.5) is 34.1 Å². The van der Waals surface area contributed by atoms with E-state index in [1.54, 1.807) is 0 Å². The Kier molecular flexibility index (Phi) is 12.4. The van der Waals surface area contributed by atoms with Gasteiger partial charge in [0.05, 0.1) is 18.5 Å². The quantitative estimate of drug-likeness (QED) is 0.102. The smallest absolute Gasteiger partial charge is 0.305 e. The summed E-state index contributed by atoms with van der Waals surface area (Å²) in [6, 6.07) is 60.1. The monoisotopic (exact) mass is 798 g/mol. The third kappa shape index (κ3) is 9.61. The van der Waals surface area contributed by atoms with Crippen LogP contribution in [0.1, 0.15) is 42.0 Å². The molecule has 2 aromatic heterocycles. The molecule has 0 saturated heterocycles. The SMILES string of the molecule is CCCc1ccc(N(c2ccc(C)cc2)c2ccc(-c3ccc(-c4ccc(-c5ccc(N(c6ccc(C)cc6)c6ccc(CCC(=O)OC)cc6)cc5)cn4)nc3)cc2)cc1. The number of carbonyl (C=O) groups is 1. The summed E-state index contributed by atoms with van der Waals surface area (Å²) < 4.78 is 4.82. The van der Waals surface area contributed by atoms with Gasteiger partial charge < -0.3 is 14.5 Å². The van der Waals surface area contributed by atoms with Gasteiger partial charge in [0.25, 0.3) is 0 Å². The number of nitrogens with zero attached hydrogens (tertiary/aromatic N) is 4. The molecular weight excluding hydrogens is 749 g/mol. The Bertz CT molecular complexity index is 2660. The summed E-state index contributed by atoms with van der Waals surface area (Å²) in [7, 11) is 1.42. The van der Waals surface area contributed by atoms with Crippen LogP contribution in [-0.2, 0) is 22.4 Å². The molecule has 0 fully saturated rings. The maximum Gasteiger partial charge on any atom is 0.305 e. The van der Waals surface area contributed by atoms with Gasteiger partial charge in [0, 0.05) is 64.1 Å². The molecule has 2 heterocycles. The number of carbonyl (C=O) groups excluding carboxylic acids is 1. The van der Waals surface area contributed by atoms with E-state index in [9.17, 15) is 4.79 Å². The number of methoxy groups -OCH3 is 1. The molecule has 0 radical (unpaired) electrons. The maximum atomic E-state index is 11.7. The number of esters is 1. The number of aryl methyl sites for hydroxylation is 4. The lowest BCUT2D eigenvalue weighted by Crippen LogP contribution is -2.10. The normalized spacial score (nSPS) is 11.0. The van der Waals surface area contributed by atoms with Gasteiger partial charge in [-0.3, -0.25) is 14.8 Å². The summed E-state index contributed by atoms with van der Waals surface area (Å²) in [6.07, 6.45) is 7.06. The Morgan fingerprint density at radius 2 is 0.770 bits per heavy atom. The number of pyridine rings is 2. The Morgan fingerprint density at radius 3 is 1.10 bits per heavy atom. The van der Waals surface area contributed by atoms with Crippen LogP contribution in [0, 0.1) is 13.8 Å². The molecule has 0 aliphatic carbocycles. The molecule has 6 aromatic carbocycles. The van der Waals surface area contributed by atoms with Crippen LogP contribution < -0.4 is 9.80 Å². The molecular formula is C55H50N4O2. The summed E-state index contributed by atoms with van der Waals surface area (Å²) in [5, 5.41) is 0. The third-order valence-electron chi connectivity index (χ3n) is 11.1. The Balaban J connectivity index is 0.969. The standard InChI is InChI=1S/C55H50N4O2/c1-5-6-41-11-26-49(27-12-41)58(47-22-7-39(2)8-23-47)51-30-16-43(17-31-51)45-20-34-53(56-37-45)54-35-21-46(38-57-54)44-18-32-52(33-19-44)59(48-24-9-40(3)10-25-48)50-28-13-42(14-29-50)15-36-55(60)61-4/h7-14,16-35,37-38H,5-6,15,36H2,1-4H3. The highest BCUT2D eigenvalue weighted by Gasteiger charge is 2.15. The van der Waals surface area contributed by atoms with E-state index in [0.29, 0.717) is 12.8 Å². The molecule has 6 nitrogen and oxygen atoms in total. The number of hydrogen-bond acceptors (Lipinski definition) is 6. The molecule has 0 N–H and O–H groups in total. The highest BCUT2D eigenvalue weighted by Crippen LogP contribution is 2.38. The van der Waals surface area contributed by atoms with Gasteiger partial charge in [0.15, 0.2) is 0 Å². The van der Waals surface area contributed by atoms with Gasteiger partial charge in [-0.05, 0) is 134 Å². The lowest BCUT2D eigenvalue weighted by atomic mass is 10.0. The first kappa shape index (κ1) is 40.5. The van der Waals surface area contributed by atoms with E-state index in [4.69, 9.17) is 14.7 Å². The molecule has 8 rings (SSSR count). The summed E-state index contributed by atoms with van der Waals surface area (Å²) in [6.45, 7) is 6.43. The van der Waals surface area contributed by atoms with E-state index in [2.05, 4.69) is 188 Å². The van der Waals surface area contributed by atoms with E-state index in [0.717, 1.165) is 86.2 Å². The molecule has 0 aliphatic rings. The lowest BCUT2D eigenvalue weighted by molar-refractivity contribution is -0.140. The predicted molar refractivity (Wildman–Crippen MR) is 252 cm³/mol. The number of hydrogen-bond donors (Lipinski definition) is 0. The van der Waals surface area contributed by atoms with Crippen molar-refractivity contribution in [2.45, 2.75) is 46.5 Å². The Labute approximate surface area is 359 Å². The summed E-state index contributed by atoms with van der Waals surface area (Å²) >= 11 is 0. The van der Waals surface area contributed by atoms with Gasteiger partial charge in [-0.25, -0.2) is 0 Å². The summed E-state index contributed by atoms with van der Waals surface area (Å²) in [5.74, 6) is -0.203. The van der Waals surface area contributed by atoms with Crippen molar-refractivity contribution in [3.63, 3.8) is 0 Å². The van der Waals surface area contributed by atoms with Gasteiger partial charge >= 0.3 is 5.97 Å². The molecule has 8 aromatic rings. The second-order valence-corrected chi connectivity index (χ2v) is 15.5. The van der Waals surface area contributed by atoms with Crippen molar-refractivity contribution < 1.29 is 9.53 Å². The van der Waals surface area contributed by atoms with Crippen LogP contribution in [0.25, 0.3) is 33.6 Å². The Hall–Kier alpha value is -7.31. The number of ether oxygens (including phenoxy) is 1. The minimum Gasteiger partial charge on any atom is -0.469 e. The van der Waals surface area contributed by atoms with Crippen molar-refractivity contribution in [3.05, 3.63) is 205 Å². The summed E-state index contributed by atoms with van der Waals surface area (Å²) in [4.78, 5) is 25.9. The van der Waals surface area contributed by atoms with Gasteiger partial charge in [0.2, 0.25) is 0 Å². The molecule has 6 heteroatoms. The van der Waals surface area contributed by atoms with Gasteiger partial charge in [-0.2, -0.15) is 0 Å². The second kappa shape index (κ2) is 18.7. The van der Waals surface area contributed by atoms with Crippen molar-refractivity contribution in [2.75, 3.05) is 16.9 Å². The van der Waals surface area contributed by atoms with Crippen LogP contribution in [0.2, 0.25) is 0 Å². The molecule has 302 valence electrons. The van der Waals surface area contributed by atoms with E-state index >= 15 is 0 Å². The van der Waals surface area contributed by atoms with Crippen molar-refractivity contribution in [1.82, 2.24) is 9.97 Å². The average Bonchev–Trinajstić information content (AvgIpc) is 3.31. The average molecular weight is 799 g/mol. The van der Waals surface area contributed by atoms with Crippen LogP contribution >= 0.6 is 0 Å². The number of benzene rings is 6. The van der Waals surface area contributed by atoms with Crippen LogP contribution in [0.3, 0.4) is 0 Å². The van der Waals surface area contributed by atoms with E-state index in [1.807, 2.05) is 24.5 Å². The van der Waals surface area contributed by atoms with E-state index in [-0.39, 0.29) is 5.97 Å².